The van der Waals surface area contributed by atoms with Crippen molar-refractivity contribution >= 4 is 20.1 Å². The van der Waals surface area contributed by atoms with E-state index in [0.29, 0.717) is 13.0 Å². The van der Waals surface area contributed by atoms with Crippen molar-refractivity contribution in [3.8, 4) is 5.75 Å². The number of carbonyl (C=O) groups excluding carboxylic acids is 2. The molecule has 0 bridgehead atoms. The second kappa shape index (κ2) is 13.4. The van der Waals surface area contributed by atoms with Gasteiger partial charge in [-0.1, -0.05) is 39.8 Å². The van der Waals surface area contributed by atoms with Crippen molar-refractivity contribution in [2.75, 3.05) is 20.3 Å². The number of rotatable bonds is 12. The lowest BCUT2D eigenvalue weighted by Crippen LogP contribution is -2.45. The van der Waals surface area contributed by atoms with Gasteiger partial charge in [-0.2, -0.15) is 0 Å². The van der Waals surface area contributed by atoms with Crippen LogP contribution in [0.5, 0.6) is 5.75 Å². The molecule has 3 atom stereocenters. The summed E-state index contributed by atoms with van der Waals surface area (Å²) in [5.74, 6) is 0.451. The van der Waals surface area contributed by atoms with Crippen LogP contribution in [0, 0.1) is 5.92 Å². The summed E-state index contributed by atoms with van der Waals surface area (Å²) >= 11 is 0. The number of nitrogens with zero attached hydrogens (tertiary/aromatic N) is 1. The van der Waals surface area contributed by atoms with E-state index in [1.807, 2.05) is 25.1 Å². The van der Waals surface area contributed by atoms with Crippen molar-refractivity contribution in [2.24, 2.45) is 5.92 Å². The van der Waals surface area contributed by atoms with Crippen molar-refractivity contribution in [1.82, 2.24) is 4.90 Å². The zero-order chi connectivity index (χ0) is 27.8. The smallest absolute Gasteiger partial charge is 0.330 e. The first-order valence-electron chi connectivity index (χ1n) is 13.5. The molecule has 1 aromatic rings. The molecule has 0 spiro atoms. The molecule has 1 fully saturated rings. The third-order valence-electron chi connectivity index (χ3n) is 7.62. The maximum absolute atomic E-state index is 13.2. The van der Waals surface area contributed by atoms with Crippen LogP contribution in [0.25, 0.3) is 0 Å². The van der Waals surface area contributed by atoms with Gasteiger partial charge in [-0.15, -0.1) is 0 Å². The molecule has 37 heavy (non-hydrogen) atoms. The van der Waals surface area contributed by atoms with Crippen LogP contribution in [-0.2, 0) is 18.8 Å². The van der Waals surface area contributed by atoms with Crippen LogP contribution in [0.15, 0.2) is 48.2 Å². The summed E-state index contributed by atoms with van der Waals surface area (Å²) in [7, 11) is -0.458. The van der Waals surface area contributed by atoms with Gasteiger partial charge in [-0.05, 0) is 74.5 Å². The van der Waals surface area contributed by atoms with Gasteiger partial charge < -0.3 is 18.8 Å². The van der Waals surface area contributed by atoms with E-state index in [-0.39, 0.29) is 34.9 Å². The Labute approximate surface area is 225 Å². The molecule has 1 saturated heterocycles. The lowest BCUT2D eigenvalue weighted by atomic mass is 9.97. The van der Waals surface area contributed by atoms with Gasteiger partial charge in [0, 0.05) is 30.8 Å². The van der Waals surface area contributed by atoms with Gasteiger partial charge in [0.1, 0.15) is 5.75 Å². The topological polar surface area (TPSA) is 65.1 Å². The normalized spacial score (nSPS) is 18.2. The zero-order valence-corrected chi connectivity index (χ0v) is 25.3. The van der Waals surface area contributed by atoms with E-state index in [9.17, 15) is 9.59 Å². The largest absolute Gasteiger partial charge is 0.497 e. The Bertz CT molecular complexity index is 961. The number of likely N-dealkylation sites (tertiary alicyclic amines) is 1. The van der Waals surface area contributed by atoms with Gasteiger partial charge in [0.15, 0.2) is 14.1 Å². The fraction of sp³-hybridized carbons (Fsp3) is 0.600. The molecule has 1 aromatic carbocycles. The zero-order valence-electron chi connectivity index (χ0n) is 24.3. The second-order valence-electron chi connectivity index (χ2n) is 11.5. The summed E-state index contributed by atoms with van der Waals surface area (Å²) < 4.78 is 17.0. The van der Waals surface area contributed by atoms with Crippen LogP contribution in [-0.4, -0.2) is 51.3 Å². The Morgan fingerprint density at radius 3 is 2.35 bits per heavy atom. The predicted molar refractivity (Wildman–Crippen MR) is 152 cm³/mol. The van der Waals surface area contributed by atoms with Gasteiger partial charge in [0.2, 0.25) is 0 Å². The number of ether oxygens (including phenoxy) is 2. The highest BCUT2D eigenvalue weighted by molar-refractivity contribution is 6.74. The molecule has 7 heteroatoms. The van der Waals surface area contributed by atoms with Crippen LogP contribution >= 0.6 is 0 Å². The molecule has 0 aliphatic carbocycles. The third-order valence-corrected chi connectivity index (χ3v) is 12.1. The Kier molecular flexibility index (Phi) is 11.2. The molecule has 3 unspecified atom stereocenters. The fourth-order valence-corrected chi connectivity index (χ4v) is 5.63. The van der Waals surface area contributed by atoms with Crippen LogP contribution in [0.1, 0.15) is 72.4 Å². The molecule has 2 rings (SSSR count). The highest BCUT2D eigenvalue weighted by Crippen LogP contribution is 2.39. The van der Waals surface area contributed by atoms with Crippen molar-refractivity contribution < 1.29 is 23.5 Å². The summed E-state index contributed by atoms with van der Waals surface area (Å²) in [5.41, 5.74) is 2.28. The first kappa shape index (κ1) is 30.8. The van der Waals surface area contributed by atoms with Crippen LogP contribution in [0.2, 0.25) is 18.1 Å². The van der Waals surface area contributed by atoms with Gasteiger partial charge in [0.25, 0.3) is 0 Å². The van der Waals surface area contributed by atoms with Gasteiger partial charge in [-0.3, -0.25) is 4.79 Å². The number of hydrogen-bond acceptors (Lipinski definition) is 6. The summed E-state index contributed by atoms with van der Waals surface area (Å²) in [5, 5.41) is 0.0106. The van der Waals surface area contributed by atoms with Gasteiger partial charge in [-0.25, -0.2) is 4.79 Å². The standard InChI is InChI=1S/C30H47NO5Si/c1-10-35-29(33)18-17-28(36-37(8,9)30(4,5)6)22(2)20-26(32)21-25-12-11-19-31(25)23(3)24-13-15-27(34-7)16-14-24/h13-18,21-23,28H,10-12,19-20H2,1-9H3/b18-17-,25-21+. The third kappa shape index (κ3) is 8.85. The Hall–Kier alpha value is -2.38. The number of benzene rings is 1. The summed E-state index contributed by atoms with van der Waals surface area (Å²) in [6, 6.07) is 8.30. The maximum atomic E-state index is 13.2. The Morgan fingerprint density at radius 2 is 1.78 bits per heavy atom. The Balaban J connectivity index is 2.17. The highest BCUT2D eigenvalue weighted by Gasteiger charge is 2.40. The molecule has 0 N–H and O–H groups in total. The van der Waals surface area contributed by atoms with Crippen LogP contribution in [0.3, 0.4) is 0 Å². The van der Waals surface area contributed by atoms with E-state index in [1.54, 1.807) is 20.1 Å². The molecule has 1 aliphatic rings. The molecule has 1 heterocycles. The summed E-state index contributed by atoms with van der Waals surface area (Å²) in [4.78, 5) is 27.5. The van der Waals surface area contributed by atoms with Crippen molar-refractivity contribution in [2.45, 2.75) is 91.1 Å². The van der Waals surface area contributed by atoms with Crippen LogP contribution < -0.4 is 4.74 Å². The van der Waals surface area contributed by atoms with Crippen molar-refractivity contribution in [1.29, 1.82) is 0 Å². The number of esters is 1. The molecule has 0 aromatic heterocycles. The molecule has 206 valence electrons. The first-order valence-corrected chi connectivity index (χ1v) is 16.4. The summed E-state index contributed by atoms with van der Waals surface area (Å²) in [6.45, 7) is 18.2. The van der Waals surface area contributed by atoms with E-state index >= 15 is 0 Å². The first-order chi connectivity index (χ1) is 17.3. The molecule has 0 amide bonds. The Morgan fingerprint density at radius 1 is 1.14 bits per heavy atom. The van der Waals surface area contributed by atoms with E-state index in [2.05, 4.69) is 57.8 Å². The SMILES string of the molecule is CCOC(=O)/C=C\C(O[Si](C)(C)C(C)(C)C)C(C)CC(=O)/C=C1\CCCN1C(C)c1ccc(OC)cc1. The molecule has 0 saturated carbocycles. The van der Waals surface area contributed by atoms with Crippen molar-refractivity contribution in [3.05, 3.63) is 53.8 Å². The molecular weight excluding hydrogens is 482 g/mol. The lowest BCUT2D eigenvalue weighted by molar-refractivity contribution is -0.137. The van der Waals surface area contributed by atoms with Gasteiger partial charge in [0.05, 0.1) is 25.9 Å². The second-order valence-corrected chi connectivity index (χ2v) is 16.2. The minimum atomic E-state index is -2.13. The molecule has 6 nitrogen and oxygen atoms in total. The number of allylic oxidation sites excluding steroid dienone is 2. The summed E-state index contributed by atoms with van der Waals surface area (Å²) in [6.07, 6.45) is 6.98. The number of methoxy groups -OCH3 is 1. The van der Waals surface area contributed by atoms with E-state index in [4.69, 9.17) is 13.9 Å². The minimum absolute atomic E-state index is 0.0106. The van der Waals surface area contributed by atoms with E-state index < -0.39 is 8.32 Å². The number of hydrogen-bond donors (Lipinski definition) is 0. The fourth-order valence-electron chi connectivity index (χ4n) is 4.28. The average Bonchev–Trinajstić information content (AvgIpc) is 3.28. The maximum Gasteiger partial charge on any atom is 0.330 e. The van der Waals surface area contributed by atoms with E-state index in [0.717, 1.165) is 30.8 Å². The van der Waals surface area contributed by atoms with Crippen molar-refractivity contribution in [3.63, 3.8) is 0 Å². The highest BCUT2D eigenvalue weighted by atomic mass is 28.4. The average molecular weight is 530 g/mol. The monoisotopic (exact) mass is 529 g/mol. The predicted octanol–water partition coefficient (Wildman–Crippen LogP) is 6.84. The minimum Gasteiger partial charge on any atom is -0.497 e. The number of carbonyl (C=O) groups is 2. The molecular formula is C30H47NO5Si. The van der Waals surface area contributed by atoms with Crippen LogP contribution in [0.4, 0.5) is 0 Å². The molecule has 0 radical (unpaired) electrons. The van der Waals surface area contributed by atoms with E-state index in [1.165, 1.54) is 11.6 Å². The number of ketones is 1. The lowest BCUT2D eigenvalue weighted by Gasteiger charge is -2.40. The molecule has 1 aliphatic heterocycles. The quantitative estimate of drug-likeness (QED) is 0.168. The van der Waals surface area contributed by atoms with Gasteiger partial charge >= 0.3 is 5.97 Å².